The molecule has 2 N–H and O–H groups in total. The fraction of sp³-hybridized carbons (Fsp3) is 0.278. The number of aryl methyl sites for hydroxylation is 1. The average Bonchev–Trinajstić information content (AvgIpc) is 2.51. The zero-order valence-corrected chi connectivity index (χ0v) is 15.6. The number of carbonyl (C=O) groups excluding carboxylic acids is 1. The van der Waals surface area contributed by atoms with Gasteiger partial charge in [0, 0.05) is 22.5 Å². The van der Waals surface area contributed by atoms with Crippen LogP contribution in [0, 0.1) is 6.92 Å². The summed E-state index contributed by atoms with van der Waals surface area (Å²) in [5.74, 6) is -0.849. The minimum Gasteiger partial charge on any atom is -0.368 e. The number of amides is 1. The number of hydrogen-bond acceptors (Lipinski definition) is 2. The molecule has 0 saturated carbocycles. The molecule has 1 amide bonds. The normalized spacial score (nSPS) is 15.0. The summed E-state index contributed by atoms with van der Waals surface area (Å²) in [6, 6.07) is 13.4. The second kappa shape index (κ2) is 7.04. The van der Waals surface area contributed by atoms with E-state index in [9.17, 15) is 4.79 Å². The Morgan fingerprint density at radius 3 is 2.35 bits per heavy atom. The van der Waals surface area contributed by atoms with Crippen molar-refractivity contribution in [3.8, 4) is 0 Å². The monoisotopic (exact) mass is 395 g/mol. The van der Waals surface area contributed by atoms with Crippen LogP contribution in [-0.2, 0) is 9.53 Å². The molecule has 2 aromatic rings. The third-order valence-corrected chi connectivity index (χ3v) is 4.97. The first-order valence-corrected chi connectivity index (χ1v) is 8.33. The van der Waals surface area contributed by atoms with Crippen molar-refractivity contribution in [1.29, 1.82) is 0 Å². The Bertz CT molecular complexity index is 717. The number of nitrogens with two attached hydrogens (primary N) is 1. The minimum absolute atomic E-state index is 0.338. The summed E-state index contributed by atoms with van der Waals surface area (Å²) in [6.07, 6.45) is 0. The van der Waals surface area contributed by atoms with E-state index in [1.165, 1.54) is 7.11 Å². The molecule has 0 saturated heterocycles. The van der Waals surface area contributed by atoms with Crippen LogP contribution in [0.5, 0.6) is 0 Å². The summed E-state index contributed by atoms with van der Waals surface area (Å²) in [4.78, 5) is 12.1. The molecule has 0 bridgehead atoms. The van der Waals surface area contributed by atoms with E-state index in [0.717, 1.165) is 21.2 Å². The van der Waals surface area contributed by atoms with E-state index in [4.69, 9.17) is 22.1 Å². The molecule has 0 heterocycles. The molecule has 5 heteroatoms. The molecule has 0 aliphatic heterocycles. The highest BCUT2D eigenvalue weighted by molar-refractivity contribution is 9.10. The zero-order valence-electron chi connectivity index (χ0n) is 13.3. The van der Waals surface area contributed by atoms with Gasteiger partial charge in [-0.05, 0) is 54.8 Å². The molecule has 2 aromatic carbocycles. The molecule has 2 rings (SSSR count). The van der Waals surface area contributed by atoms with E-state index in [2.05, 4.69) is 15.9 Å². The van der Waals surface area contributed by atoms with E-state index in [1.807, 2.05) is 49.4 Å². The predicted octanol–water partition coefficient (Wildman–Crippen LogP) is 4.43. The number of carbonyl (C=O) groups is 1. The average molecular weight is 397 g/mol. The molecule has 3 nitrogen and oxygen atoms in total. The van der Waals surface area contributed by atoms with Gasteiger partial charge in [0.1, 0.15) is 0 Å². The van der Waals surface area contributed by atoms with Gasteiger partial charge in [0.05, 0.1) is 0 Å². The quantitative estimate of drug-likeness (QED) is 0.812. The minimum atomic E-state index is -1.17. The summed E-state index contributed by atoms with van der Waals surface area (Å²) in [7, 11) is 1.50. The number of halogens is 2. The molecule has 0 aromatic heterocycles. The van der Waals surface area contributed by atoms with E-state index in [-0.39, 0.29) is 5.92 Å². The van der Waals surface area contributed by atoms with Crippen molar-refractivity contribution in [3.63, 3.8) is 0 Å². The van der Waals surface area contributed by atoms with Gasteiger partial charge >= 0.3 is 0 Å². The van der Waals surface area contributed by atoms with Gasteiger partial charge in [0.25, 0.3) is 0 Å². The highest BCUT2D eigenvalue weighted by atomic mass is 79.9. The van der Waals surface area contributed by atoms with Crippen molar-refractivity contribution in [3.05, 3.63) is 68.7 Å². The van der Waals surface area contributed by atoms with Gasteiger partial charge in [-0.15, -0.1) is 0 Å². The van der Waals surface area contributed by atoms with Crippen LogP contribution in [0.25, 0.3) is 0 Å². The van der Waals surface area contributed by atoms with Crippen LogP contribution in [0.4, 0.5) is 0 Å². The van der Waals surface area contributed by atoms with Crippen molar-refractivity contribution in [2.75, 3.05) is 7.11 Å². The molecule has 0 fully saturated rings. The summed E-state index contributed by atoms with van der Waals surface area (Å²) >= 11 is 9.50. The van der Waals surface area contributed by atoms with Crippen molar-refractivity contribution in [2.45, 2.75) is 25.4 Å². The van der Waals surface area contributed by atoms with Crippen molar-refractivity contribution < 1.29 is 9.53 Å². The van der Waals surface area contributed by atoms with Crippen LogP contribution < -0.4 is 5.73 Å². The number of primary amides is 1. The lowest BCUT2D eigenvalue weighted by molar-refractivity contribution is -0.139. The number of methoxy groups -OCH3 is 1. The molecule has 0 spiro atoms. The third kappa shape index (κ3) is 3.60. The number of benzene rings is 2. The van der Waals surface area contributed by atoms with Crippen LogP contribution in [0.15, 0.2) is 46.9 Å². The van der Waals surface area contributed by atoms with Gasteiger partial charge in [-0.2, -0.15) is 0 Å². The van der Waals surface area contributed by atoms with Gasteiger partial charge < -0.3 is 10.5 Å². The second-order valence-electron chi connectivity index (χ2n) is 5.66. The molecule has 0 radical (unpaired) electrons. The Morgan fingerprint density at radius 1 is 1.26 bits per heavy atom. The lowest BCUT2D eigenvalue weighted by atomic mass is 9.76. The first kappa shape index (κ1) is 18.0. The second-order valence-corrected chi connectivity index (χ2v) is 7.01. The Balaban J connectivity index is 2.69. The smallest absolute Gasteiger partial charge is 0.250 e. The first-order chi connectivity index (χ1) is 10.8. The number of hydrogen-bond donors (Lipinski definition) is 1. The molecule has 122 valence electrons. The van der Waals surface area contributed by atoms with Crippen molar-refractivity contribution >= 4 is 33.4 Å². The van der Waals surface area contributed by atoms with E-state index < -0.39 is 11.5 Å². The maximum absolute atomic E-state index is 12.1. The number of ether oxygens (including phenoxy) is 1. The highest BCUT2D eigenvalue weighted by Gasteiger charge is 2.42. The molecular formula is C18H19BrClNO2. The Morgan fingerprint density at radius 2 is 1.87 bits per heavy atom. The maximum Gasteiger partial charge on any atom is 0.250 e. The lowest BCUT2D eigenvalue weighted by Gasteiger charge is -2.35. The summed E-state index contributed by atoms with van der Waals surface area (Å²) in [5.41, 5.74) is 7.38. The summed E-state index contributed by atoms with van der Waals surface area (Å²) in [6.45, 7) is 3.68. The van der Waals surface area contributed by atoms with Gasteiger partial charge in [-0.3, -0.25) is 4.79 Å². The van der Waals surface area contributed by atoms with Crippen LogP contribution in [0.3, 0.4) is 0 Å². The molecule has 0 aliphatic carbocycles. The van der Waals surface area contributed by atoms with Crippen molar-refractivity contribution in [1.82, 2.24) is 0 Å². The van der Waals surface area contributed by atoms with Crippen LogP contribution in [0.1, 0.15) is 29.5 Å². The van der Waals surface area contributed by atoms with Crippen LogP contribution in [-0.4, -0.2) is 18.6 Å². The largest absolute Gasteiger partial charge is 0.368 e. The third-order valence-electron chi connectivity index (χ3n) is 4.21. The topological polar surface area (TPSA) is 52.3 Å². The van der Waals surface area contributed by atoms with E-state index in [1.54, 1.807) is 6.92 Å². The molecule has 2 unspecified atom stereocenters. The Hall–Kier alpha value is -1.36. The van der Waals surface area contributed by atoms with Crippen LogP contribution >= 0.6 is 27.5 Å². The fourth-order valence-electron chi connectivity index (χ4n) is 2.77. The van der Waals surface area contributed by atoms with Crippen molar-refractivity contribution in [2.24, 2.45) is 5.73 Å². The van der Waals surface area contributed by atoms with Gasteiger partial charge in [0.15, 0.2) is 5.60 Å². The van der Waals surface area contributed by atoms with Crippen LogP contribution in [0.2, 0.25) is 5.02 Å². The maximum atomic E-state index is 12.1. The summed E-state index contributed by atoms with van der Waals surface area (Å²) in [5, 5.41) is 0.652. The Kier molecular flexibility index (Phi) is 5.50. The SMILES string of the molecule is COC(C)(C(N)=O)C(c1ccc(Br)cc1)c1ccc(Cl)cc1C. The molecule has 2 atom stereocenters. The molecule has 23 heavy (non-hydrogen) atoms. The molecule has 0 aliphatic rings. The first-order valence-electron chi connectivity index (χ1n) is 7.16. The predicted molar refractivity (Wildman–Crippen MR) is 96.8 cm³/mol. The summed E-state index contributed by atoms with van der Waals surface area (Å²) < 4.78 is 6.53. The van der Waals surface area contributed by atoms with E-state index >= 15 is 0 Å². The fourth-order valence-corrected chi connectivity index (χ4v) is 3.26. The van der Waals surface area contributed by atoms with Gasteiger partial charge in [-0.1, -0.05) is 45.7 Å². The highest BCUT2D eigenvalue weighted by Crippen LogP contribution is 2.39. The van der Waals surface area contributed by atoms with Gasteiger partial charge in [-0.25, -0.2) is 0 Å². The van der Waals surface area contributed by atoms with E-state index in [0.29, 0.717) is 5.02 Å². The van der Waals surface area contributed by atoms with Gasteiger partial charge in [0.2, 0.25) is 5.91 Å². The standard InChI is InChI=1S/C18H19BrClNO2/c1-11-10-14(20)8-9-15(11)16(18(2,23-3)17(21)22)12-4-6-13(19)7-5-12/h4-10,16H,1-3H3,(H2,21,22). The number of rotatable bonds is 5. The Labute approximate surface area is 149 Å². The molecular weight excluding hydrogens is 378 g/mol. The zero-order chi connectivity index (χ0) is 17.2. The lowest BCUT2D eigenvalue weighted by Crippen LogP contribution is -2.48.